The highest BCUT2D eigenvalue weighted by atomic mass is 79.9. The molecule has 1 aromatic rings. The Balaban J connectivity index is 2.18. The van der Waals surface area contributed by atoms with Gasteiger partial charge in [-0.3, -0.25) is 0 Å². The van der Waals surface area contributed by atoms with Crippen LogP contribution in [0.4, 0.5) is 5.82 Å². The SMILES string of the molecule is CCCc1nc(Br)cc(N2CCSCC2)n1. The van der Waals surface area contributed by atoms with Gasteiger partial charge in [-0.1, -0.05) is 6.92 Å². The van der Waals surface area contributed by atoms with Gasteiger partial charge < -0.3 is 4.90 Å². The van der Waals surface area contributed by atoms with Crippen molar-refractivity contribution in [1.29, 1.82) is 0 Å². The van der Waals surface area contributed by atoms with Crippen LogP contribution in [0.3, 0.4) is 0 Å². The first-order chi connectivity index (χ1) is 7.79. The molecule has 2 rings (SSSR count). The van der Waals surface area contributed by atoms with Crippen molar-refractivity contribution in [3.63, 3.8) is 0 Å². The van der Waals surface area contributed by atoms with Gasteiger partial charge in [0.25, 0.3) is 0 Å². The van der Waals surface area contributed by atoms with E-state index in [0.717, 1.165) is 42.2 Å². The third kappa shape index (κ3) is 3.10. The Morgan fingerprint density at radius 2 is 2.12 bits per heavy atom. The van der Waals surface area contributed by atoms with Gasteiger partial charge in [0.05, 0.1) is 0 Å². The molecule has 1 aliphatic heterocycles. The zero-order valence-corrected chi connectivity index (χ0v) is 11.9. The van der Waals surface area contributed by atoms with Crippen LogP contribution < -0.4 is 4.90 Å². The molecule has 1 aliphatic rings. The second kappa shape index (κ2) is 5.87. The number of anilines is 1. The molecule has 0 N–H and O–H groups in total. The van der Waals surface area contributed by atoms with Crippen molar-refractivity contribution in [2.24, 2.45) is 0 Å². The highest BCUT2D eigenvalue weighted by Gasteiger charge is 2.13. The van der Waals surface area contributed by atoms with Gasteiger partial charge in [0.1, 0.15) is 16.2 Å². The van der Waals surface area contributed by atoms with Gasteiger partial charge >= 0.3 is 0 Å². The lowest BCUT2D eigenvalue weighted by molar-refractivity contribution is 0.789. The first-order valence-corrected chi connectivity index (χ1v) is 7.60. The molecule has 16 heavy (non-hydrogen) atoms. The molecule has 0 aliphatic carbocycles. The molecule has 0 radical (unpaired) electrons. The molecule has 3 nitrogen and oxygen atoms in total. The fourth-order valence-electron chi connectivity index (χ4n) is 1.74. The van der Waals surface area contributed by atoms with E-state index >= 15 is 0 Å². The molecule has 0 saturated carbocycles. The van der Waals surface area contributed by atoms with Crippen molar-refractivity contribution in [2.75, 3.05) is 29.5 Å². The smallest absolute Gasteiger partial charge is 0.133 e. The first kappa shape index (κ1) is 12.2. The minimum Gasteiger partial charge on any atom is -0.355 e. The third-order valence-electron chi connectivity index (χ3n) is 2.54. The molecule has 1 saturated heterocycles. The number of hydrogen-bond donors (Lipinski definition) is 0. The molecular formula is C11H16BrN3S. The molecule has 0 spiro atoms. The van der Waals surface area contributed by atoms with E-state index in [9.17, 15) is 0 Å². The highest BCUT2D eigenvalue weighted by molar-refractivity contribution is 9.10. The van der Waals surface area contributed by atoms with Crippen LogP contribution >= 0.6 is 27.7 Å². The molecule has 5 heteroatoms. The Labute approximate surface area is 109 Å². The first-order valence-electron chi connectivity index (χ1n) is 5.65. The van der Waals surface area contributed by atoms with Gasteiger partial charge in [-0.05, 0) is 22.4 Å². The lowest BCUT2D eigenvalue weighted by Crippen LogP contribution is -2.33. The van der Waals surface area contributed by atoms with Crippen molar-refractivity contribution in [1.82, 2.24) is 9.97 Å². The lowest BCUT2D eigenvalue weighted by atomic mass is 10.3. The summed E-state index contributed by atoms with van der Waals surface area (Å²) >= 11 is 5.48. The summed E-state index contributed by atoms with van der Waals surface area (Å²) in [5, 5.41) is 0. The molecule has 0 atom stereocenters. The Morgan fingerprint density at radius 3 is 2.81 bits per heavy atom. The van der Waals surface area contributed by atoms with Crippen molar-refractivity contribution in [2.45, 2.75) is 19.8 Å². The summed E-state index contributed by atoms with van der Waals surface area (Å²) in [6.45, 7) is 4.35. The fraction of sp³-hybridized carbons (Fsp3) is 0.636. The maximum Gasteiger partial charge on any atom is 0.133 e. The van der Waals surface area contributed by atoms with Crippen LogP contribution in [0.2, 0.25) is 0 Å². The van der Waals surface area contributed by atoms with Gasteiger partial charge in [-0.2, -0.15) is 11.8 Å². The maximum atomic E-state index is 4.62. The van der Waals surface area contributed by atoms with Crippen LogP contribution in [0.5, 0.6) is 0 Å². The summed E-state index contributed by atoms with van der Waals surface area (Å²) in [7, 11) is 0. The number of thioether (sulfide) groups is 1. The molecule has 0 aromatic carbocycles. The minimum absolute atomic E-state index is 0.902. The summed E-state index contributed by atoms with van der Waals surface area (Å²) in [6.07, 6.45) is 2.04. The summed E-state index contributed by atoms with van der Waals surface area (Å²) in [6, 6.07) is 2.02. The van der Waals surface area contributed by atoms with Crippen LogP contribution in [0, 0.1) is 0 Å². The van der Waals surface area contributed by atoms with E-state index in [-0.39, 0.29) is 0 Å². The van der Waals surface area contributed by atoms with Crippen LogP contribution in [0.1, 0.15) is 19.2 Å². The van der Waals surface area contributed by atoms with E-state index < -0.39 is 0 Å². The number of halogens is 1. The van der Waals surface area contributed by atoms with E-state index in [2.05, 4.69) is 37.7 Å². The number of aryl methyl sites for hydroxylation is 1. The topological polar surface area (TPSA) is 29.0 Å². The predicted molar refractivity (Wildman–Crippen MR) is 73.3 cm³/mol. The minimum atomic E-state index is 0.902. The second-order valence-electron chi connectivity index (χ2n) is 3.81. The van der Waals surface area contributed by atoms with Crippen molar-refractivity contribution in [3.8, 4) is 0 Å². The maximum absolute atomic E-state index is 4.62. The van der Waals surface area contributed by atoms with E-state index in [4.69, 9.17) is 0 Å². The molecule has 1 aromatic heterocycles. The number of rotatable bonds is 3. The van der Waals surface area contributed by atoms with E-state index in [1.807, 2.05) is 17.8 Å². The Hall–Kier alpha value is -0.290. The third-order valence-corrected chi connectivity index (χ3v) is 3.89. The fourth-order valence-corrected chi connectivity index (χ4v) is 3.05. The van der Waals surface area contributed by atoms with Gasteiger partial charge in [0, 0.05) is 37.1 Å². The second-order valence-corrected chi connectivity index (χ2v) is 5.85. The number of aromatic nitrogens is 2. The summed E-state index contributed by atoms with van der Waals surface area (Å²) in [4.78, 5) is 11.4. The summed E-state index contributed by atoms with van der Waals surface area (Å²) < 4.78 is 0.902. The average Bonchev–Trinajstić information content (AvgIpc) is 2.30. The normalized spacial score (nSPS) is 16.5. The van der Waals surface area contributed by atoms with Crippen molar-refractivity contribution >= 4 is 33.5 Å². The van der Waals surface area contributed by atoms with Gasteiger partial charge in [-0.25, -0.2) is 9.97 Å². The molecule has 1 fully saturated rings. The Kier molecular flexibility index (Phi) is 4.46. The van der Waals surface area contributed by atoms with E-state index in [1.54, 1.807) is 0 Å². The monoisotopic (exact) mass is 301 g/mol. The van der Waals surface area contributed by atoms with Crippen LogP contribution in [0.15, 0.2) is 10.7 Å². The van der Waals surface area contributed by atoms with Crippen LogP contribution in [0.25, 0.3) is 0 Å². The zero-order valence-electron chi connectivity index (χ0n) is 9.45. The molecule has 2 heterocycles. The lowest BCUT2D eigenvalue weighted by Gasteiger charge is -2.27. The Bertz CT molecular complexity index is 353. The molecule has 0 unspecified atom stereocenters. The summed E-state index contributed by atoms with van der Waals surface area (Å²) in [5.41, 5.74) is 0. The van der Waals surface area contributed by atoms with Gasteiger partial charge in [0.15, 0.2) is 0 Å². The molecule has 0 bridgehead atoms. The molecular weight excluding hydrogens is 286 g/mol. The van der Waals surface area contributed by atoms with Crippen LogP contribution in [-0.4, -0.2) is 34.6 Å². The molecule has 0 amide bonds. The average molecular weight is 302 g/mol. The zero-order chi connectivity index (χ0) is 11.4. The predicted octanol–water partition coefficient (Wildman–Crippen LogP) is 2.74. The Morgan fingerprint density at radius 1 is 1.38 bits per heavy atom. The standard InChI is InChI=1S/C11H16BrN3S/c1-2-3-10-13-9(12)8-11(14-10)15-4-6-16-7-5-15/h8H,2-7H2,1H3. The largest absolute Gasteiger partial charge is 0.355 e. The quantitative estimate of drug-likeness (QED) is 0.803. The van der Waals surface area contributed by atoms with Crippen molar-refractivity contribution < 1.29 is 0 Å². The van der Waals surface area contributed by atoms with E-state index in [0.29, 0.717) is 0 Å². The number of nitrogens with zero attached hydrogens (tertiary/aromatic N) is 3. The van der Waals surface area contributed by atoms with Gasteiger partial charge in [0.2, 0.25) is 0 Å². The van der Waals surface area contributed by atoms with Crippen molar-refractivity contribution in [3.05, 3.63) is 16.5 Å². The molecule has 88 valence electrons. The van der Waals surface area contributed by atoms with E-state index in [1.165, 1.54) is 11.5 Å². The van der Waals surface area contributed by atoms with Crippen LogP contribution in [-0.2, 0) is 6.42 Å². The highest BCUT2D eigenvalue weighted by Crippen LogP contribution is 2.20. The number of hydrogen-bond acceptors (Lipinski definition) is 4. The summed E-state index contributed by atoms with van der Waals surface area (Å²) in [5.74, 6) is 4.42. The van der Waals surface area contributed by atoms with Gasteiger partial charge in [-0.15, -0.1) is 0 Å².